The van der Waals surface area contributed by atoms with E-state index in [1.54, 1.807) is 4.90 Å². The van der Waals surface area contributed by atoms with E-state index in [2.05, 4.69) is 25.3 Å². The average molecular weight is 447 g/mol. The van der Waals surface area contributed by atoms with Crippen LogP contribution in [0.25, 0.3) is 0 Å². The minimum atomic E-state index is -0.158. The highest BCUT2D eigenvalue weighted by Gasteiger charge is 2.24. The van der Waals surface area contributed by atoms with E-state index in [4.69, 9.17) is 15.3 Å². The predicted molar refractivity (Wildman–Crippen MR) is 127 cm³/mol. The van der Waals surface area contributed by atoms with Gasteiger partial charge >= 0.3 is 6.03 Å². The molecule has 1 aromatic heterocycles. The van der Waals surface area contributed by atoms with Gasteiger partial charge in [0.1, 0.15) is 36.6 Å². The van der Waals surface area contributed by atoms with Crippen LogP contribution in [0.5, 0.6) is 11.5 Å². The molecule has 33 heavy (non-hydrogen) atoms. The van der Waals surface area contributed by atoms with Crippen LogP contribution in [0, 0.1) is 0 Å². The van der Waals surface area contributed by atoms with E-state index < -0.39 is 0 Å². The molecular weight excluding hydrogens is 422 g/mol. The van der Waals surface area contributed by atoms with Crippen molar-refractivity contribution in [3.8, 4) is 11.5 Å². The zero-order chi connectivity index (χ0) is 23.0. The quantitative estimate of drug-likeness (QED) is 0.440. The maximum atomic E-state index is 12.7. The van der Waals surface area contributed by atoms with E-state index in [0.29, 0.717) is 54.8 Å². The maximum absolute atomic E-state index is 12.7. The molecule has 1 saturated heterocycles. The molecule has 0 saturated carbocycles. The van der Waals surface area contributed by atoms with Crippen molar-refractivity contribution in [3.05, 3.63) is 66.5 Å². The average Bonchev–Trinajstić information content (AvgIpc) is 2.85. The van der Waals surface area contributed by atoms with Gasteiger partial charge in [0.25, 0.3) is 0 Å². The Morgan fingerprint density at radius 1 is 1.03 bits per heavy atom. The van der Waals surface area contributed by atoms with Crippen molar-refractivity contribution in [2.75, 3.05) is 49.2 Å². The van der Waals surface area contributed by atoms with Gasteiger partial charge < -0.3 is 30.4 Å². The Hall–Kier alpha value is -4.34. The highest BCUT2D eigenvalue weighted by molar-refractivity contribution is 5.92. The smallest absolute Gasteiger partial charge is 0.321 e. The molecule has 0 unspecified atom stereocenters. The van der Waals surface area contributed by atoms with Crippen molar-refractivity contribution >= 4 is 29.6 Å². The standard InChI is InChI=1S/C23H25N7O3/c1-32-27-15-20-21(24)25-16-26-22(20)29-11-13-30(14-12-29)23(31)28-17-7-9-19(10-8-17)33-18-5-3-2-4-6-18/h2-10,15-16H,11-14H2,1H3,(H,28,31)(H2,24,25,26). The molecule has 170 valence electrons. The number of nitrogens with one attached hydrogen (secondary N) is 1. The molecule has 0 radical (unpaired) electrons. The molecular formula is C23H25N7O3. The minimum Gasteiger partial charge on any atom is -0.457 e. The summed E-state index contributed by atoms with van der Waals surface area (Å²) in [7, 11) is 1.46. The normalized spacial score (nSPS) is 13.7. The lowest BCUT2D eigenvalue weighted by Crippen LogP contribution is -2.50. The number of carbonyl (C=O) groups is 1. The van der Waals surface area contributed by atoms with E-state index in [-0.39, 0.29) is 6.03 Å². The molecule has 2 amide bonds. The zero-order valence-electron chi connectivity index (χ0n) is 18.2. The number of hydrogen-bond donors (Lipinski definition) is 2. The Kier molecular flexibility index (Phi) is 6.84. The van der Waals surface area contributed by atoms with Crippen LogP contribution in [-0.2, 0) is 4.84 Å². The van der Waals surface area contributed by atoms with Gasteiger partial charge in [-0.25, -0.2) is 14.8 Å². The summed E-state index contributed by atoms with van der Waals surface area (Å²) in [4.78, 5) is 29.7. The summed E-state index contributed by atoms with van der Waals surface area (Å²) >= 11 is 0. The number of nitrogens with zero attached hydrogens (tertiary/aromatic N) is 5. The van der Waals surface area contributed by atoms with E-state index in [0.717, 1.165) is 5.75 Å². The number of piperazine rings is 1. The van der Waals surface area contributed by atoms with E-state index >= 15 is 0 Å². The fourth-order valence-corrected chi connectivity index (χ4v) is 3.44. The SMILES string of the molecule is CON=Cc1c(N)ncnc1N1CCN(C(=O)Nc2ccc(Oc3ccccc3)cc2)CC1. The molecule has 4 rings (SSSR count). The first-order valence-electron chi connectivity index (χ1n) is 10.4. The molecule has 0 aliphatic carbocycles. The van der Waals surface area contributed by atoms with Gasteiger partial charge in [0.2, 0.25) is 0 Å². The van der Waals surface area contributed by atoms with Crippen LogP contribution in [0.4, 0.5) is 22.1 Å². The molecule has 2 heterocycles. The second-order valence-electron chi connectivity index (χ2n) is 7.26. The first-order valence-corrected chi connectivity index (χ1v) is 10.4. The number of amides is 2. The van der Waals surface area contributed by atoms with Crippen molar-refractivity contribution in [3.63, 3.8) is 0 Å². The van der Waals surface area contributed by atoms with Gasteiger partial charge in [0, 0.05) is 31.9 Å². The highest BCUT2D eigenvalue weighted by Crippen LogP contribution is 2.24. The summed E-state index contributed by atoms with van der Waals surface area (Å²) in [6.45, 7) is 2.26. The molecule has 1 fully saturated rings. The highest BCUT2D eigenvalue weighted by atomic mass is 16.6. The number of hydrogen-bond acceptors (Lipinski definition) is 8. The molecule has 3 N–H and O–H groups in total. The predicted octanol–water partition coefficient (Wildman–Crippen LogP) is 3.19. The van der Waals surface area contributed by atoms with E-state index in [1.807, 2.05) is 54.6 Å². The number of rotatable bonds is 6. The summed E-state index contributed by atoms with van der Waals surface area (Å²) in [5.41, 5.74) is 7.27. The number of para-hydroxylation sites is 1. The fraction of sp³-hybridized carbons (Fsp3) is 0.217. The van der Waals surface area contributed by atoms with Crippen molar-refractivity contribution < 1.29 is 14.4 Å². The summed E-state index contributed by atoms with van der Waals surface area (Å²) in [5, 5.41) is 6.72. The van der Waals surface area contributed by atoms with Gasteiger partial charge in [-0.1, -0.05) is 23.4 Å². The zero-order valence-corrected chi connectivity index (χ0v) is 18.2. The van der Waals surface area contributed by atoms with Gasteiger partial charge in [0.05, 0.1) is 11.8 Å². The van der Waals surface area contributed by atoms with E-state index in [1.165, 1.54) is 19.7 Å². The van der Waals surface area contributed by atoms with Gasteiger partial charge in [-0.3, -0.25) is 0 Å². The third kappa shape index (κ3) is 5.48. The first kappa shape index (κ1) is 21.9. The van der Waals surface area contributed by atoms with Crippen LogP contribution in [0.1, 0.15) is 5.56 Å². The largest absolute Gasteiger partial charge is 0.457 e. The van der Waals surface area contributed by atoms with Crippen molar-refractivity contribution in [1.82, 2.24) is 14.9 Å². The fourth-order valence-electron chi connectivity index (χ4n) is 3.44. The second kappa shape index (κ2) is 10.3. The molecule has 1 aliphatic rings. The molecule has 0 atom stereocenters. The Bertz CT molecular complexity index is 1100. The van der Waals surface area contributed by atoms with Crippen LogP contribution in [0.15, 0.2) is 66.1 Å². The lowest BCUT2D eigenvalue weighted by molar-refractivity contribution is 0.208. The molecule has 10 nitrogen and oxygen atoms in total. The maximum Gasteiger partial charge on any atom is 0.321 e. The minimum absolute atomic E-state index is 0.158. The van der Waals surface area contributed by atoms with Crippen LogP contribution >= 0.6 is 0 Å². The van der Waals surface area contributed by atoms with Gasteiger partial charge in [-0.15, -0.1) is 0 Å². The Balaban J connectivity index is 1.33. The Morgan fingerprint density at radius 2 is 1.73 bits per heavy atom. The Morgan fingerprint density at radius 3 is 2.42 bits per heavy atom. The van der Waals surface area contributed by atoms with Crippen LogP contribution in [0.3, 0.4) is 0 Å². The third-order valence-corrected chi connectivity index (χ3v) is 5.13. The van der Waals surface area contributed by atoms with Crippen LogP contribution in [-0.4, -0.2) is 60.4 Å². The summed E-state index contributed by atoms with van der Waals surface area (Å²) in [6.07, 6.45) is 2.91. The molecule has 0 spiro atoms. The number of carbonyl (C=O) groups excluding carboxylic acids is 1. The number of oxime groups is 1. The number of ether oxygens (including phenoxy) is 1. The molecule has 3 aromatic rings. The second-order valence-corrected chi connectivity index (χ2v) is 7.26. The summed E-state index contributed by atoms with van der Waals surface area (Å²) in [6, 6.07) is 16.7. The number of benzene rings is 2. The van der Waals surface area contributed by atoms with Crippen LogP contribution in [0.2, 0.25) is 0 Å². The van der Waals surface area contributed by atoms with Gasteiger partial charge in [-0.05, 0) is 36.4 Å². The lowest BCUT2D eigenvalue weighted by atomic mass is 10.2. The van der Waals surface area contributed by atoms with Crippen molar-refractivity contribution in [2.24, 2.45) is 5.16 Å². The van der Waals surface area contributed by atoms with Crippen LogP contribution < -0.4 is 20.7 Å². The topological polar surface area (TPSA) is 118 Å². The lowest BCUT2D eigenvalue weighted by Gasteiger charge is -2.35. The van der Waals surface area contributed by atoms with Crippen molar-refractivity contribution in [1.29, 1.82) is 0 Å². The van der Waals surface area contributed by atoms with Gasteiger partial charge in [-0.2, -0.15) is 0 Å². The summed E-state index contributed by atoms with van der Waals surface area (Å²) < 4.78 is 5.79. The summed E-state index contributed by atoms with van der Waals surface area (Å²) in [5.74, 6) is 2.44. The van der Waals surface area contributed by atoms with Crippen molar-refractivity contribution in [2.45, 2.75) is 0 Å². The first-order chi connectivity index (χ1) is 16.1. The van der Waals surface area contributed by atoms with Gasteiger partial charge in [0.15, 0.2) is 0 Å². The number of urea groups is 1. The number of nitrogens with two attached hydrogens (primary N) is 1. The molecule has 2 aromatic carbocycles. The van der Waals surface area contributed by atoms with E-state index in [9.17, 15) is 4.79 Å². The number of aromatic nitrogens is 2. The number of nitrogen functional groups attached to an aromatic ring is 1. The molecule has 1 aliphatic heterocycles. The molecule has 0 bridgehead atoms. The Labute approximate surface area is 191 Å². The third-order valence-electron chi connectivity index (χ3n) is 5.13. The monoisotopic (exact) mass is 447 g/mol. The molecule has 10 heteroatoms. The number of anilines is 3.